The maximum atomic E-state index is 13.2. The lowest BCUT2D eigenvalue weighted by Crippen LogP contribution is -2.54. The van der Waals surface area contributed by atoms with Crippen molar-refractivity contribution in [2.75, 3.05) is 26.2 Å². The molecule has 4 heterocycles. The normalized spacial score (nSPS) is 36.2. The Labute approximate surface area is 245 Å². The molecule has 3 aliphatic heterocycles. The lowest BCUT2D eigenvalue weighted by Gasteiger charge is -2.56. The van der Waals surface area contributed by atoms with Gasteiger partial charge in [0, 0.05) is 47.1 Å². The van der Waals surface area contributed by atoms with Crippen LogP contribution >= 0.6 is 0 Å². The summed E-state index contributed by atoms with van der Waals surface area (Å²) >= 11 is 0. The summed E-state index contributed by atoms with van der Waals surface area (Å²) in [5.74, 6) is 4.67. The zero-order valence-electron chi connectivity index (χ0n) is 25.1. The minimum atomic E-state index is -0.378. The first kappa shape index (κ1) is 27.2. The Hall–Kier alpha value is -2.60. The van der Waals surface area contributed by atoms with E-state index in [4.69, 9.17) is 14.5 Å². The van der Waals surface area contributed by atoms with Crippen molar-refractivity contribution < 1.29 is 14.3 Å². The van der Waals surface area contributed by atoms with Crippen molar-refractivity contribution in [3.05, 3.63) is 48.7 Å². The van der Waals surface area contributed by atoms with E-state index in [1.165, 1.54) is 38.5 Å². The summed E-state index contributed by atoms with van der Waals surface area (Å²) in [5.41, 5.74) is 1.92. The molecule has 1 amide bonds. The monoisotopic (exact) mass is 557 g/mol. The Kier molecular flexibility index (Phi) is 6.84. The highest BCUT2D eigenvalue weighted by Crippen LogP contribution is 2.60. The van der Waals surface area contributed by atoms with Crippen molar-refractivity contribution in [2.45, 2.75) is 77.4 Å². The third-order valence-electron chi connectivity index (χ3n) is 11.0. The van der Waals surface area contributed by atoms with Gasteiger partial charge in [-0.05, 0) is 126 Å². The van der Waals surface area contributed by atoms with Crippen LogP contribution in [0.5, 0.6) is 5.75 Å². The Balaban J connectivity index is 1.19. The molecule has 3 saturated heterocycles. The number of fused-ring (bicyclic) bond motifs is 4. The van der Waals surface area contributed by atoms with Crippen LogP contribution in [0.25, 0.3) is 10.9 Å². The molecule has 1 unspecified atom stereocenters. The molecular weight excluding hydrogens is 510 g/mol. The van der Waals surface area contributed by atoms with Crippen molar-refractivity contribution >= 4 is 17.0 Å². The highest BCUT2D eigenvalue weighted by molar-refractivity contribution is 5.84. The molecule has 6 heteroatoms. The second kappa shape index (κ2) is 10.3. The van der Waals surface area contributed by atoms with Crippen molar-refractivity contribution in [3.8, 4) is 5.75 Å². The SMILES string of the molecule is C=C[C@H]1CN2CC[C@@H]1[C@H]([C@@H](OC(=O)NC(C)(C)C)c1ccnc3ccc(OCC45CC6CC(CC(C6)C4)C5)cc13)C2. The van der Waals surface area contributed by atoms with E-state index >= 15 is 0 Å². The first-order valence-corrected chi connectivity index (χ1v) is 16.0. The molecule has 7 aliphatic rings. The molecule has 2 aromatic rings. The lowest BCUT2D eigenvalue weighted by molar-refractivity contribution is -0.0745. The second-order valence-corrected chi connectivity index (χ2v) is 15.3. The number of piperidine rings is 3. The number of alkyl carbamates (subject to hydrolysis) is 1. The zero-order valence-corrected chi connectivity index (χ0v) is 25.1. The van der Waals surface area contributed by atoms with E-state index in [-0.39, 0.29) is 23.7 Å². The predicted molar refractivity (Wildman–Crippen MR) is 162 cm³/mol. The fraction of sp³-hybridized carbons (Fsp3) is 0.657. The van der Waals surface area contributed by atoms with Gasteiger partial charge in [0.25, 0.3) is 0 Å². The Morgan fingerprint density at radius 3 is 2.54 bits per heavy atom. The molecule has 41 heavy (non-hydrogen) atoms. The van der Waals surface area contributed by atoms with Gasteiger partial charge in [0.2, 0.25) is 0 Å². The number of nitrogens with one attached hydrogen (secondary N) is 1. The van der Waals surface area contributed by atoms with Crippen LogP contribution in [-0.4, -0.2) is 47.8 Å². The van der Waals surface area contributed by atoms with Gasteiger partial charge in [0.15, 0.2) is 0 Å². The van der Waals surface area contributed by atoms with Crippen LogP contribution in [0.15, 0.2) is 43.1 Å². The topological polar surface area (TPSA) is 63.7 Å². The molecule has 0 spiro atoms. The lowest BCUT2D eigenvalue weighted by atomic mass is 9.50. The van der Waals surface area contributed by atoms with Crippen LogP contribution in [-0.2, 0) is 4.74 Å². The Morgan fingerprint density at radius 2 is 1.88 bits per heavy atom. The van der Waals surface area contributed by atoms with Crippen LogP contribution < -0.4 is 10.1 Å². The summed E-state index contributed by atoms with van der Waals surface area (Å²) < 4.78 is 13.0. The average molecular weight is 558 g/mol. The standard InChI is InChI=1S/C35H47N3O3/c1-5-25-19-38-11-9-27(25)30(20-38)32(41-33(39)37-34(2,3)4)28-8-10-36-31-7-6-26(15-29(28)31)40-21-35-16-22-12-23(17-35)14-24(13-22)18-35/h5-8,10,15,22-25,27,30,32H,1,9,11-14,16-21H2,2-4H3,(H,37,39)/t22?,23?,24?,25-,27-,30+,32-,35?/m0/s1. The maximum Gasteiger partial charge on any atom is 0.408 e. The minimum absolute atomic E-state index is 0.188. The van der Waals surface area contributed by atoms with Crippen molar-refractivity contribution in [1.82, 2.24) is 15.2 Å². The molecule has 6 bridgehead atoms. The number of rotatable bonds is 7. The summed E-state index contributed by atoms with van der Waals surface area (Å²) in [6.45, 7) is 14.0. The first-order chi connectivity index (χ1) is 19.7. The number of benzene rings is 1. The zero-order chi connectivity index (χ0) is 28.4. The number of carbonyl (C=O) groups excluding carboxylic acids is 1. The molecule has 6 nitrogen and oxygen atoms in total. The van der Waals surface area contributed by atoms with Crippen molar-refractivity contribution in [2.24, 2.45) is 40.9 Å². The van der Waals surface area contributed by atoms with Gasteiger partial charge in [-0.2, -0.15) is 0 Å². The number of ether oxygens (including phenoxy) is 2. The van der Waals surface area contributed by atoms with Crippen molar-refractivity contribution in [1.29, 1.82) is 0 Å². The van der Waals surface area contributed by atoms with Gasteiger partial charge in [-0.3, -0.25) is 4.98 Å². The highest BCUT2D eigenvalue weighted by atomic mass is 16.6. The molecule has 1 N–H and O–H groups in total. The van der Waals surface area contributed by atoms with Crippen LogP contribution in [0.2, 0.25) is 0 Å². The summed E-state index contributed by atoms with van der Waals surface area (Å²) in [6.07, 6.45) is 12.7. The number of amides is 1. The van der Waals surface area contributed by atoms with E-state index in [1.54, 1.807) is 0 Å². The van der Waals surface area contributed by atoms with Crippen molar-refractivity contribution in [3.63, 3.8) is 0 Å². The summed E-state index contributed by atoms with van der Waals surface area (Å²) in [4.78, 5) is 20.5. The summed E-state index contributed by atoms with van der Waals surface area (Å²) in [6, 6.07) is 8.36. The number of carbonyl (C=O) groups is 1. The van der Waals surface area contributed by atoms with Gasteiger partial charge in [0.05, 0.1) is 12.1 Å². The van der Waals surface area contributed by atoms with Gasteiger partial charge in [-0.25, -0.2) is 4.79 Å². The van der Waals surface area contributed by atoms with Gasteiger partial charge in [-0.1, -0.05) is 6.08 Å². The largest absolute Gasteiger partial charge is 0.493 e. The third-order valence-corrected chi connectivity index (χ3v) is 11.0. The molecule has 1 aromatic carbocycles. The van der Waals surface area contributed by atoms with E-state index in [0.29, 0.717) is 17.3 Å². The quantitative estimate of drug-likeness (QED) is 0.366. The highest BCUT2D eigenvalue weighted by Gasteiger charge is 2.51. The number of hydrogen-bond acceptors (Lipinski definition) is 5. The molecule has 4 aliphatic carbocycles. The Morgan fingerprint density at radius 1 is 1.15 bits per heavy atom. The predicted octanol–water partition coefficient (Wildman–Crippen LogP) is 7.15. The van der Waals surface area contributed by atoms with Crippen LogP contribution in [0.3, 0.4) is 0 Å². The van der Waals surface area contributed by atoms with E-state index in [2.05, 4.69) is 47.1 Å². The molecule has 7 fully saturated rings. The molecular formula is C35H47N3O3. The number of aromatic nitrogens is 1. The number of nitrogens with zero attached hydrogens (tertiary/aromatic N) is 2. The van der Waals surface area contributed by atoms with E-state index < -0.39 is 0 Å². The Bertz CT molecular complexity index is 1280. The maximum absolute atomic E-state index is 13.2. The van der Waals surface area contributed by atoms with Crippen LogP contribution in [0.4, 0.5) is 4.79 Å². The number of hydrogen-bond donors (Lipinski definition) is 1. The first-order valence-electron chi connectivity index (χ1n) is 16.0. The number of pyridine rings is 1. The van der Waals surface area contributed by atoms with Gasteiger partial charge in [0.1, 0.15) is 11.9 Å². The molecule has 9 rings (SSSR count). The average Bonchev–Trinajstić information content (AvgIpc) is 2.93. The molecule has 1 aromatic heterocycles. The third kappa shape index (κ3) is 5.37. The van der Waals surface area contributed by atoms with E-state index in [1.807, 2.05) is 27.0 Å². The van der Waals surface area contributed by atoms with Gasteiger partial charge >= 0.3 is 6.09 Å². The fourth-order valence-electron chi connectivity index (χ4n) is 9.79. The summed E-state index contributed by atoms with van der Waals surface area (Å²) in [7, 11) is 0. The van der Waals surface area contributed by atoms with Crippen LogP contribution in [0, 0.1) is 40.9 Å². The minimum Gasteiger partial charge on any atom is -0.493 e. The van der Waals surface area contributed by atoms with E-state index in [9.17, 15) is 4.79 Å². The summed E-state index contributed by atoms with van der Waals surface area (Å²) in [5, 5.41) is 4.06. The molecule has 0 radical (unpaired) electrons. The smallest absolute Gasteiger partial charge is 0.408 e. The van der Waals surface area contributed by atoms with Gasteiger partial charge < -0.3 is 19.7 Å². The second-order valence-electron chi connectivity index (χ2n) is 15.3. The molecule has 5 atom stereocenters. The van der Waals surface area contributed by atoms with E-state index in [0.717, 1.165) is 72.6 Å². The van der Waals surface area contributed by atoms with Gasteiger partial charge in [-0.15, -0.1) is 6.58 Å². The fourth-order valence-corrected chi connectivity index (χ4v) is 9.79. The molecule has 220 valence electrons. The van der Waals surface area contributed by atoms with Crippen LogP contribution in [0.1, 0.15) is 77.4 Å². The molecule has 4 saturated carbocycles.